The summed E-state index contributed by atoms with van der Waals surface area (Å²) in [5, 5.41) is 6.48. The predicted molar refractivity (Wildman–Crippen MR) is 36.3 cm³/mol. The Labute approximate surface area is 54.5 Å². The molecule has 0 rings (SSSR count). The fourth-order valence-corrected chi connectivity index (χ4v) is 0.339. The van der Waals surface area contributed by atoms with Gasteiger partial charge in [0.25, 0.3) is 0 Å². The summed E-state index contributed by atoms with van der Waals surface area (Å²) in [5.41, 5.74) is 0. The molecule has 1 N–H and O–H groups in total. The van der Waals surface area contributed by atoms with E-state index >= 15 is 0 Å². The van der Waals surface area contributed by atoms with Gasteiger partial charge in [-0.25, -0.2) is 4.39 Å². The Kier molecular flexibility index (Phi) is 3.67. The quantitative estimate of drug-likeness (QED) is 0.574. The Hall–Kier alpha value is -0.860. The van der Waals surface area contributed by atoms with Crippen molar-refractivity contribution in [3.8, 4) is 0 Å². The third kappa shape index (κ3) is 3.70. The number of halogens is 1. The number of rotatable bonds is 3. The minimum absolute atomic E-state index is 0.514. The normalized spacial score (nSPS) is 11.2. The lowest BCUT2D eigenvalue weighted by Crippen LogP contribution is -2.09. The maximum atomic E-state index is 12.1. The van der Waals surface area contributed by atoms with Gasteiger partial charge in [0.15, 0.2) is 5.83 Å². The molecule has 0 radical (unpaired) electrons. The monoisotopic (exact) mass is 130 g/mol. The van der Waals surface area contributed by atoms with Crippen LogP contribution < -0.4 is 0 Å². The largest absolute Gasteiger partial charge is 0.378 e. The minimum atomic E-state index is -0.514. The Balaban J connectivity index is 3.78. The van der Waals surface area contributed by atoms with E-state index in [9.17, 15) is 4.39 Å². The van der Waals surface area contributed by atoms with Crippen LogP contribution in [0.3, 0.4) is 0 Å². The molecule has 0 aliphatic carbocycles. The first kappa shape index (κ1) is 8.14. The van der Waals surface area contributed by atoms with Crippen LogP contribution in [0.25, 0.3) is 0 Å². The molecule has 0 spiro atoms. The molecule has 0 aromatic rings. The first-order valence-corrected chi connectivity index (χ1v) is 2.78. The molecule has 0 aliphatic heterocycles. The minimum Gasteiger partial charge on any atom is -0.378 e. The molecule has 0 saturated heterocycles. The van der Waals surface area contributed by atoms with Crippen molar-refractivity contribution >= 4 is 6.21 Å². The number of nitrogens with one attached hydrogen (secondary N) is 1. The first-order chi connectivity index (χ1) is 4.20. The van der Waals surface area contributed by atoms with E-state index in [0.29, 0.717) is 6.21 Å². The molecule has 52 valence electrons. The van der Waals surface area contributed by atoms with Crippen molar-refractivity contribution in [3.05, 3.63) is 12.0 Å². The lowest BCUT2D eigenvalue weighted by molar-refractivity contribution is 0.467. The van der Waals surface area contributed by atoms with Gasteiger partial charge in [-0.3, -0.25) is 0 Å². The zero-order valence-electron chi connectivity index (χ0n) is 5.69. The van der Waals surface area contributed by atoms with Gasteiger partial charge in [-0.05, 0) is 6.92 Å². The molecule has 0 atom stereocenters. The summed E-state index contributed by atoms with van der Waals surface area (Å²) >= 11 is 0. The summed E-state index contributed by atoms with van der Waals surface area (Å²) in [6.07, 6.45) is 1.97. The highest BCUT2D eigenvalue weighted by Gasteiger charge is 1.88. The van der Waals surface area contributed by atoms with Gasteiger partial charge in [0.05, 0.1) is 6.21 Å². The molecule has 0 amide bonds. The molecule has 3 heteroatoms. The lowest BCUT2D eigenvalue weighted by atomic mass is 10.5. The topological polar surface area (TPSA) is 27.1 Å². The Morgan fingerprint density at radius 3 is 2.67 bits per heavy atom. The van der Waals surface area contributed by atoms with Crippen LogP contribution in [-0.4, -0.2) is 24.7 Å². The van der Waals surface area contributed by atoms with Crippen molar-refractivity contribution in [2.24, 2.45) is 0 Å². The maximum absolute atomic E-state index is 12.1. The smallest absolute Gasteiger partial charge is 0.156 e. The van der Waals surface area contributed by atoms with Crippen molar-refractivity contribution in [2.75, 3.05) is 13.6 Å². The molecule has 0 aromatic carbocycles. The van der Waals surface area contributed by atoms with Crippen LogP contribution in [0.5, 0.6) is 0 Å². The number of hydrogen-bond acceptors (Lipinski definition) is 2. The SMILES string of the molecule is CCN(C)/C=C(/F)C=N. The molecule has 0 aromatic heterocycles. The van der Waals surface area contributed by atoms with Crippen molar-refractivity contribution < 1.29 is 4.39 Å². The van der Waals surface area contributed by atoms with Crippen LogP contribution in [-0.2, 0) is 0 Å². The van der Waals surface area contributed by atoms with Gasteiger partial charge >= 0.3 is 0 Å². The summed E-state index contributed by atoms with van der Waals surface area (Å²) in [6.45, 7) is 2.66. The second kappa shape index (κ2) is 4.06. The molecule has 2 nitrogen and oxygen atoms in total. The van der Waals surface area contributed by atoms with Crippen LogP contribution in [0.2, 0.25) is 0 Å². The predicted octanol–water partition coefficient (Wildman–Crippen LogP) is 1.40. The van der Waals surface area contributed by atoms with Gasteiger partial charge in [0, 0.05) is 19.8 Å². The van der Waals surface area contributed by atoms with E-state index in [-0.39, 0.29) is 0 Å². The third-order valence-electron chi connectivity index (χ3n) is 0.980. The second-order valence-electron chi connectivity index (χ2n) is 1.73. The average molecular weight is 130 g/mol. The summed E-state index contributed by atoms with van der Waals surface area (Å²) in [4.78, 5) is 1.67. The molecule has 0 heterocycles. The Bertz CT molecular complexity index is 120. The Morgan fingerprint density at radius 1 is 1.78 bits per heavy atom. The summed E-state index contributed by atoms with van der Waals surface area (Å²) in [7, 11) is 1.75. The van der Waals surface area contributed by atoms with Crippen molar-refractivity contribution in [1.29, 1.82) is 5.41 Å². The van der Waals surface area contributed by atoms with Crippen LogP contribution in [0.1, 0.15) is 6.92 Å². The number of nitrogens with zero attached hydrogens (tertiary/aromatic N) is 1. The fourth-order valence-electron chi connectivity index (χ4n) is 0.339. The van der Waals surface area contributed by atoms with Gasteiger partial charge in [-0.15, -0.1) is 0 Å². The fraction of sp³-hybridized carbons (Fsp3) is 0.500. The molecular weight excluding hydrogens is 119 g/mol. The molecule has 0 bridgehead atoms. The zero-order valence-corrected chi connectivity index (χ0v) is 5.69. The summed E-state index contributed by atoms with van der Waals surface area (Å²) in [5.74, 6) is -0.514. The first-order valence-electron chi connectivity index (χ1n) is 2.78. The lowest BCUT2D eigenvalue weighted by Gasteiger charge is -2.08. The van der Waals surface area contributed by atoms with Crippen molar-refractivity contribution in [3.63, 3.8) is 0 Å². The molecule has 0 fully saturated rings. The van der Waals surface area contributed by atoms with Crippen molar-refractivity contribution in [1.82, 2.24) is 4.90 Å². The Morgan fingerprint density at radius 2 is 2.33 bits per heavy atom. The molecule has 9 heavy (non-hydrogen) atoms. The van der Waals surface area contributed by atoms with Gasteiger partial charge < -0.3 is 10.3 Å². The van der Waals surface area contributed by atoms with Crippen molar-refractivity contribution in [2.45, 2.75) is 6.92 Å². The number of allylic oxidation sites excluding steroid dienone is 1. The highest BCUT2D eigenvalue weighted by Crippen LogP contribution is 1.92. The third-order valence-corrected chi connectivity index (χ3v) is 0.980. The zero-order chi connectivity index (χ0) is 7.28. The van der Waals surface area contributed by atoms with E-state index in [1.807, 2.05) is 6.92 Å². The van der Waals surface area contributed by atoms with Crippen LogP contribution >= 0.6 is 0 Å². The van der Waals surface area contributed by atoms with Gasteiger partial charge in [0.1, 0.15) is 0 Å². The number of hydrogen-bond donors (Lipinski definition) is 1. The van der Waals surface area contributed by atoms with Crippen LogP contribution in [0.4, 0.5) is 4.39 Å². The van der Waals surface area contributed by atoms with Gasteiger partial charge in [-0.2, -0.15) is 0 Å². The highest BCUT2D eigenvalue weighted by atomic mass is 19.1. The van der Waals surface area contributed by atoms with E-state index in [4.69, 9.17) is 5.41 Å². The summed E-state index contributed by atoms with van der Waals surface area (Å²) < 4.78 is 12.1. The molecule has 0 unspecified atom stereocenters. The van der Waals surface area contributed by atoms with E-state index in [2.05, 4.69) is 0 Å². The summed E-state index contributed by atoms with van der Waals surface area (Å²) in [6, 6.07) is 0. The molecular formula is C6H11FN2. The van der Waals surface area contributed by atoms with Crippen LogP contribution in [0, 0.1) is 5.41 Å². The highest BCUT2D eigenvalue weighted by molar-refractivity contribution is 5.72. The van der Waals surface area contributed by atoms with E-state index in [1.54, 1.807) is 11.9 Å². The van der Waals surface area contributed by atoms with Gasteiger partial charge in [-0.1, -0.05) is 0 Å². The standard InChI is InChI=1S/C6H11FN2/c1-3-9(2)5-6(7)4-8/h4-5,8H,3H2,1-2H3/b6-5+,8-4?. The van der Waals surface area contributed by atoms with E-state index < -0.39 is 5.83 Å². The van der Waals surface area contributed by atoms with E-state index in [0.717, 1.165) is 6.54 Å². The average Bonchev–Trinajstić information content (AvgIpc) is 1.87. The van der Waals surface area contributed by atoms with Crippen LogP contribution in [0.15, 0.2) is 12.0 Å². The van der Waals surface area contributed by atoms with Gasteiger partial charge in [0.2, 0.25) is 0 Å². The maximum Gasteiger partial charge on any atom is 0.156 e. The second-order valence-corrected chi connectivity index (χ2v) is 1.73. The van der Waals surface area contributed by atoms with E-state index in [1.165, 1.54) is 6.20 Å². The molecule has 0 aliphatic rings. The molecule has 0 saturated carbocycles.